The summed E-state index contributed by atoms with van der Waals surface area (Å²) in [6, 6.07) is 13.9. The molecule has 1 fully saturated rings. The number of ether oxygens (including phenoxy) is 2. The molecule has 5 rings (SSSR count). The number of imide groups is 1. The number of aromatic amines is 1. The molecule has 0 aliphatic carbocycles. The monoisotopic (exact) mass is 569 g/mol. The van der Waals surface area contributed by atoms with Crippen molar-refractivity contribution in [3.05, 3.63) is 68.6 Å². The van der Waals surface area contributed by atoms with Gasteiger partial charge >= 0.3 is 10.8 Å². The third kappa shape index (κ3) is 5.27. The number of carboxylic acid groups (broad SMARTS) is 1. The lowest BCUT2D eigenvalue weighted by Crippen LogP contribution is -2.36. The van der Waals surface area contributed by atoms with Crippen molar-refractivity contribution in [2.24, 2.45) is 5.92 Å². The van der Waals surface area contributed by atoms with E-state index in [1.165, 1.54) is 0 Å². The number of carboxylic acids is 1. The number of nitrogens with zero attached hydrogens (tertiary/aromatic N) is 1. The largest absolute Gasteiger partial charge is 0.490 e. The van der Waals surface area contributed by atoms with Gasteiger partial charge in [0.25, 0.3) is 5.91 Å². The summed E-state index contributed by atoms with van der Waals surface area (Å²) in [5.41, 5.74) is 1.22. The standard InChI is InChI=1S/C26H23N3O8S2/c1-2-36-16-10-13(8-9-15(16)37-12-17(30)27-14-6-4-3-5-7-14)19-20-22(38-23-21(19)39-26(35)28-23)25(34)29(24(20)33)11-18(31)32/h3-10,19-20,22H,2,11-12H2,1H3,(H,27,30)(H,28,35)(H,31,32)/t19-,20+,22-/m0/s1. The van der Waals surface area contributed by atoms with Gasteiger partial charge in [-0.05, 0) is 36.8 Å². The van der Waals surface area contributed by atoms with E-state index in [1.807, 2.05) is 6.07 Å². The van der Waals surface area contributed by atoms with Gasteiger partial charge in [0.2, 0.25) is 11.8 Å². The molecule has 3 atom stereocenters. The summed E-state index contributed by atoms with van der Waals surface area (Å²) in [5, 5.41) is 11.6. The van der Waals surface area contributed by atoms with Crippen LogP contribution in [0.1, 0.15) is 23.3 Å². The number of nitrogens with one attached hydrogen (secondary N) is 2. The van der Waals surface area contributed by atoms with E-state index < -0.39 is 41.4 Å². The van der Waals surface area contributed by atoms with Crippen molar-refractivity contribution in [1.82, 2.24) is 9.88 Å². The predicted octanol–water partition coefficient (Wildman–Crippen LogP) is 2.53. The highest BCUT2D eigenvalue weighted by Gasteiger charge is 2.56. The number of aliphatic carboxylic acids is 1. The molecule has 2 aliphatic heterocycles. The van der Waals surface area contributed by atoms with Crippen molar-refractivity contribution in [3.63, 3.8) is 0 Å². The zero-order valence-electron chi connectivity index (χ0n) is 20.5. The smallest absolute Gasteiger partial charge is 0.323 e. The molecule has 0 bridgehead atoms. The van der Waals surface area contributed by atoms with E-state index in [1.54, 1.807) is 49.4 Å². The van der Waals surface area contributed by atoms with Gasteiger partial charge in [0.15, 0.2) is 18.1 Å². The summed E-state index contributed by atoms with van der Waals surface area (Å²) in [6.07, 6.45) is 0. The number of hydrogen-bond acceptors (Lipinski definition) is 9. The number of fused-ring (bicyclic) bond motifs is 2. The molecule has 202 valence electrons. The van der Waals surface area contributed by atoms with Crippen molar-refractivity contribution in [2.45, 2.75) is 23.1 Å². The van der Waals surface area contributed by atoms with E-state index >= 15 is 0 Å². The average molecular weight is 570 g/mol. The Morgan fingerprint density at radius 3 is 2.54 bits per heavy atom. The molecule has 2 aromatic carbocycles. The number of aromatic nitrogens is 1. The first kappa shape index (κ1) is 26.5. The maximum atomic E-state index is 13.3. The van der Waals surface area contributed by atoms with Gasteiger partial charge in [-0.2, -0.15) is 0 Å². The number of hydrogen-bond donors (Lipinski definition) is 3. The Kier molecular flexibility index (Phi) is 7.44. The molecule has 1 saturated heterocycles. The van der Waals surface area contributed by atoms with Crippen LogP contribution in [0.3, 0.4) is 0 Å². The lowest BCUT2D eigenvalue weighted by Gasteiger charge is -2.30. The fraction of sp³-hybridized carbons (Fsp3) is 0.269. The lowest BCUT2D eigenvalue weighted by atomic mass is 9.83. The van der Waals surface area contributed by atoms with Crippen LogP contribution in [0, 0.1) is 5.92 Å². The van der Waals surface area contributed by atoms with Gasteiger partial charge in [0, 0.05) is 16.5 Å². The van der Waals surface area contributed by atoms with E-state index in [9.17, 15) is 29.1 Å². The molecule has 3 heterocycles. The quantitative estimate of drug-likeness (QED) is 0.330. The summed E-state index contributed by atoms with van der Waals surface area (Å²) in [5.74, 6) is -3.84. The van der Waals surface area contributed by atoms with Crippen LogP contribution in [0.2, 0.25) is 0 Å². The fourth-order valence-electron chi connectivity index (χ4n) is 4.69. The number of carbonyl (C=O) groups excluding carboxylic acids is 3. The summed E-state index contributed by atoms with van der Waals surface area (Å²) in [6.45, 7) is 1.06. The third-order valence-corrected chi connectivity index (χ3v) is 8.65. The molecular weight excluding hydrogens is 546 g/mol. The first-order valence-electron chi connectivity index (χ1n) is 12.0. The Labute approximate surface area is 230 Å². The van der Waals surface area contributed by atoms with E-state index in [-0.39, 0.29) is 24.0 Å². The molecule has 11 nitrogen and oxygen atoms in total. The van der Waals surface area contributed by atoms with E-state index in [4.69, 9.17) is 9.47 Å². The van der Waals surface area contributed by atoms with E-state index in [0.29, 0.717) is 32.7 Å². The molecule has 2 aliphatic rings. The molecule has 0 unspecified atom stereocenters. The lowest BCUT2D eigenvalue weighted by molar-refractivity contribution is -0.149. The molecule has 0 radical (unpaired) electrons. The van der Waals surface area contributed by atoms with Gasteiger partial charge < -0.3 is 24.9 Å². The van der Waals surface area contributed by atoms with Crippen LogP contribution >= 0.6 is 23.1 Å². The van der Waals surface area contributed by atoms with Crippen LogP contribution in [0.15, 0.2) is 58.4 Å². The normalized spacial score (nSPS) is 19.8. The topological polar surface area (TPSA) is 155 Å². The molecule has 3 N–H and O–H groups in total. The van der Waals surface area contributed by atoms with Crippen LogP contribution in [-0.4, -0.2) is 63.7 Å². The first-order valence-corrected chi connectivity index (χ1v) is 13.7. The van der Waals surface area contributed by atoms with Crippen LogP contribution in [-0.2, 0) is 19.2 Å². The number of amides is 3. The Hall–Kier alpha value is -4.10. The van der Waals surface area contributed by atoms with Crippen molar-refractivity contribution in [2.75, 3.05) is 25.1 Å². The molecule has 3 aromatic rings. The third-order valence-electron chi connectivity index (χ3n) is 6.25. The van der Waals surface area contributed by atoms with E-state index in [2.05, 4.69) is 10.3 Å². The Bertz CT molecular complexity index is 1500. The molecule has 1 aromatic heterocycles. The van der Waals surface area contributed by atoms with Crippen LogP contribution in [0.4, 0.5) is 5.69 Å². The number of thiazole rings is 1. The highest BCUT2D eigenvalue weighted by Crippen LogP contribution is 2.53. The second-order valence-electron chi connectivity index (χ2n) is 8.75. The van der Waals surface area contributed by atoms with Crippen LogP contribution < -0.4 is 19.7 Å². The minimum absolute atomic E-state index is 0.278. The molecule has 39 heavy (non-hydrogen) atoms. The van der Waals surface area contributed by atoms with Crippen LogP contribution in [0.5, 0.6) is 11.5 Å². The first-order chi connectivity index (χ1) is 18.8. The maximum Gasteiger partial charge on any atom is 0.323 e. The highest BCUT2D eigenvalue weighted by molar-refractivity contribution is 8.00. The van der Waals surface area contributed by atoms with Gasteiger partial charge in [0.05, 0.1) is 17.6 Å². The average Bonchev–Trinajstić information content (AvgIpc) is 3.39. The predicted molar refractivity (Wildman–Crippen MR) is 142 cm³/mol. The summed E-state index contributed by atoms with van der Waals surface area (Å²) >= 11 is 2.01. The highest BCUT2D eigenvalue weighted by atomic mass is 32.2. The van der Waals surface area contributed by atoms with Gasteiger partial charge in [-0.1, -0.05) is 47.4 Å². The Balaban J connectivity index is 1.45. The minimum Gasteiger partial charge on any atom is -0.490 e. The zero-order valence-corrected chi connectivity index (χ0v) is 22.2. The van der Waals surface area contributed by atoms with Gasteiger partial charge in [0.1, 0.15) is 11.8 Å². The SMILES string of the molecule is CCOc1cc([C@@H]2c3sc(=O)[nH]c3S[C@@H]3C(=O)N(CC(=O)O)C(=O)[C@H]23)ccc1OCC(=O)Nc1ccccc1. The molecular formula is C26H23N3O8S2. The number of para-hydroxylation sites is 1. The summed E-state index contributed by atoms with van der Waals surface area (Å²) in [4.78, 5) is 66.1. The number of thioether (sulfide) groups is 1. The fourth-order valence-corrected chi connectivity index (χ4v) is 7.23. The second kappa shape index (κ2) is 10.9. The number of carbonyl (C=O) groups is 4. The number of rotatable bonds is 9. The Morgan fingerprint density at radius 2 is 1.82 bits per heavy atom. The number of anilines is 1. The maximum absolute atomic E-state index is 13.3. The van der Waals surface area contributed by atoms with Gasteiger partial charge in [-0.15, -0.1) is 0 Å². The van der Waals surface area contributed by atoms with Crippen molar-refractivity contribution < 1.29 is 33.8 Å². The molecule has 3 amide bonds. The molecule has 0 saturated carbocycles. The van der Waals surface area contributed by atoms with Crippen molar-refractivity contribution in [1.29, 1.82) is 0 Å². The second-order valence-corrected chi connectivity index (χ2v) is 10.9. The van der Waals surface area contributed by atoms with Crippen LogP contribution in [0.25, 0.3) is 0 Å². The number of likely N-dealkylation sites (tertiary alicyclic amines) is 1. The zero-order chi connectivity index (χ0) is 27.7. The van der Waals surface area contributed by atoms with E-state index in [0.717, 1.165) is 28.0 Å². The summed E-state index contributed by atoms with van der Waals surface area (Å²) < 4.78 is 11.5. The number of H-pyrrole nitrogens is 1. The van der Waals surface area contributed by atoms with Crippen molar-refractivity contribution >= 4 is 52.5 Å². The van der Waals surface area contributed by atoms with Gasteiger partial charge in [-0.3, -0.25) is 28.9 Å². The van der Waals surface area contributed by atoms with Gasteiger partial charge in [-0.25, -0.2) is 0 Å². The molecule has 0 spiro atoms. The minimum atomic E-state index is -1.29. The van der Waals surface area contributed by atoms with Crippen molar-refractivity contribution in [3.8, 4) is 11.5 Å². The summed E-state index contributed by atoms with van der Waals surface area (Å²) in [7, 11) is 0. The number of benzene rings is 2. The Morgan fingerprint density at radius 1 is 1.05 bits per heavy atom. The molecule has 13 heteroatoms.